The second kappa shape index (κ2) is 2.83. The van der Waals surface area contributed by atoms with Gasteiger partial charge in [0.05, 0.1) is 11.1 Å². The van der Waals surface area contributed by atoms with Gasteiger partial charge >= 0.3 is 0 Å². The second-order valence-electron chi connectivity index (χ2n) is 3.12. The molecule has 0 saturated heterocycles. The Hall–Kier alpha value is -1.84. The van der Waals surface area contributed by atoms with Crippen molar-refractivity contribution in [3.8, 4) is 5.75 Å². The molecular formula is C10H8FNO2. The van der Waals surface area contributed by atoms with Crippen LogP contribution in [0.5, 0.6) is 5.75 Å². The normalized spacial score (nSPS) is 10.7. The van der Waals surface area contributed by atoms with E-state index in [1.54, 1.807) is 0 Å². The minimum absolute atomic E-state index is 0.0937. The predicted octanol–water partition coefficient (Wildman–Crippen LogP) is 1.68. The van der Waals surface area contributed by atoms with Gasteiger partial charge in [0.1, 0.15) is 11.6 Å². The zero-order valence-corrected chi connectivity index (χ0v) is 7.47. The van der Waals surface area contributed by atoms with E-state index in [1.165, 1.54) is 25.1 Å². The van der Waals surface area contributed by atoms with Gasteiger partial charge in [-0.05, 0) is 25.1 Å². The molecule has 0 atom stereocenters. The number of pyridine rings is 1. The number of H-pyrrole nitrogens is 1. The number of aromatic nitrogens is 1. The van der Waals surface area contributed by atoms with E-state index >= 15 is 0 Å². The van der Waals surface area contributed by atoms with Crippen LogP contribution in [0.3, 0.4) is 0 Å². The maximum atomic E-state index is 12.8. The number of fused-ring (bicyclic) bond motifs is 1. The SMILES string of the molecule is Cc1c(O)c2ccc(F)cc2[nH]c1=O. The van der Waals surface area contributed by atoms with Crippen molar-refractivity contribution in [2.75, 3.05) is 0 Å². The van der Waals surface area contributed by atoms with Crippen LogP contribution in [0.25, 0.3) is 10.9 Å². The zero-order valence-electron chi connectivity index (χ0n) is 7.47. The van der Waals surface area contributed by atoms with Gasteiger partial charge in [0.25, 0.3) is 5.56 Å². The topological polar surface area (TPSA) is 53.1 Å². The molecule has 0 amide bonds. The summed E-state index contributed by atoms with van der Waals surface area (Å²) in [6, 6.07) is 3.85. The zero-order chi connectivity index (χ0) is 10.3. The minimum atomic E-state index is -0.448. The third-order valence-electron chi connectivity index (χ3n) is 2.18. The molecule has 0 radical (unpaired) electrons. The van der Waals surface area contributed by atoms with E-state index in [0.717, 1.165) is 0 Å². The van der Waals surface area contributed by atoms with Crippen molar-refractivity contribution in [2.24, 2.45) is 0 Å². The molecule has 1 aromatic carbocycles. The summed E-state index contributed by atoms with van der Waals surface area (Å²) >= 11 is 0. The maximum absolute atomic E-state index is 12.8. The maximum Gasteiger partial charge on any atom is 0.255 e. The van der Waals surface area contributed by atoms with Crippen molar-refractivity contribution in [2.45, 2.75) is 6.92 Å². The summed E-state index contributed by atoms with van der Waals surface area (Å²) < 4.78 is 12.8. The summed E-state index contributed by atoms with van der Waals surface area (Å²) in [4.78, 5) is 13.7. The molecule has 2 aromatic rings. The Balaban J connectivity index is 2.98. The Morgan fingerprint density at radius 2 is 2.14 bits per heavy atom. The van der Waals surface area contributed by atoms with E-state index < -0.39 is 11.4 Å². The number of benzene rings is 1. The molecule has 2 rings (SSSR count). The smallest absolute Gasteiger partial charge is 0.255 e. The van der Waals surface area contributed by atoms with Crippen LogP contribution in [-0.2, 0) is 0 Å². The van der Waals surface area contributed by atoms with E-state index in [2.05, 4.69) is 4.98 Å². The molecule has 0 spiro atoms. The molecule has 72 valence electrons. The highest BCUT2D eigenvalue weighted by Crippen LogP contribution is 2.24. The Labute approximate surface area is 78.8 Å². The average molecular weight is 193 g/mol. The van der Waals surface area contributed by atoms with Gasteiger partial charge in [-0.3, -0.25) is 4.79 Å². The van der Waals surface area contributed by atoms with Crippen LogP contribution in [0.1, 0.15) is 5.56 Å². The number of halogens is 1. The third kappa shape index (κ3) is 1.16. The van der Waals surface area contributed by atoms with Gasteiger partial charge in [0.2, 0.25) is 0 Å². The fraction of sp³-hybridized carbons (Fsp3) is 0.100. The Bertz CT molecular complexity index is 560. The summed E-state index contributed by atoms with van der Waals surface area (Å²) in [5, 5.41) is 10.0. The summed E-state index contributed by atoms with van der Waals surface area (Å²) in [6.45, 7) is 1.51. The molecule has 0 aliphatic rings. The molecule has 1 aromatic heterocycles. The number of aromatic hydroxyl groups is 1. The minimum Gasteiger partial charge on any atom is -0.507 e. The van der Waals surface area contributed by atoms with Crippen molar-refractivity contribution in [1.29, 1.82) is 0 Å². The van der Waals surface area contributed by atoms with Crippen molar-refractivity contribution in [1.82, 2.24) is 4.98 Å². The summed E-state index contributed by atoms with van der Waals surface area (Å²) in [5.74, 6) is -0.542. The van der Waals surface area contributed by atoms with Crippen molar-refractivity contribution in [3.05, 3.63) is 39.9 Å². The molecule has 0 fully saturated rings. The fourth-order valence-electron chi connectivity index (χ4n) is 1.35. The van der Waals surface area contributed by atoms with Gasteiger partial charge in [-0.2, -0.15) is 0 Å². The summed E-state index contributed by atoms with van der Waals surface area (Å²) in [5.41, 5.74) is 0.141. The summed E-state index contributed by atoms with van der Waals surface area (Å²) in [6.07, 6.45) is 0. The molecule has 0 saturated carbocycles. The van der Waals surface area contributed by atoms with Gasteiger partial charge < -0.3 is 10.1 Å². The number of hydrogen-bond acceptors (Lipinski definition) is 2. The van der Waals surface area contributed by atoms with Crippen LogP contribution in [-0.4, -0.2) is 10.1 Å². The van der Waals surface area contributed by atoms with E-state index in [9.17, 15) is 14.3 Å². The first-order valence-corrected chi connectivity index (χ1v) is 4.10. The Kier molecular flexibility index (Phi) is 1.77. The van der Waals surface area contributed by atoms with Crippen molar-refractivity contribution < 1.29 is 9.50 Å². The number of nitrogens with one attached hydrogen (secondary N) is 1. The van der Waals surface area contributed by atoms with E-state index in [-0.39, 0.29) is 11.3 Å². The van der Waals surface area contributed by atoms with Crippen molar-refractivity contribution >= 4 is 10.9 Å². The molecular weight excluding hydrogens is 185 g/mol. The second-order valence-corrected chi connectivity index (χ2v) is 3.12. The molecule has 0 aliphatic heterocycles. The monoisotopic (exact) mass is 193 g/mol. The van der Waals surface area contributed by atoms with Crippen LogP contribution < -0.4 is 5.56 Å². The number of hydrogen-bond donors (Lipinski definition) is 2. The van der Waals surface area contributed by atoms with Gasteiger partial charge in [0, 0.05) is 5.39 Å². The first-order valence-electron chi connectivity index (χ1n) is 4.10. The molecule has 2 N–H and O–H groups in total. The molecule has 3 nitrogen and oxygen atoms in total. The van der Waals surface area contributed by atoms with Gasteiger partial charge in [-0.15, -0.1) is 0 Å². The predicted molar refractivity (Wildman–Crippen MR) is 50.9 cm³/mol. The third-order valence-corrected chi connectivity index (χ3v) is 2.18. The van der Waals surface area contributed by atoms with Crippen molar-refractivity contribution in [3.63, 3.8) is 0 Å². The number of rotatable bonds is 0. The largest absolute Gasteiger partial charge is 0.507 e. The number of aromatic amines is 1. The van der Waals surface area contributed by atoms with Crippen LogP contribution in [0.4, 0.5) is 4.39 Å². The van der Waals surface area contributed by atoms with Crippen LogP contribution in [0, 0.1) is 12.7 Å². The standard InChI is InChI=1S/C10H8FNO2/c1-5-9(13)7-3-2-6(11)4-8(7)12-10(5)14/h2-4H,1H3,(H2,12,13,14). The molecule has 0 bridgehead atoms. The van der Waals surface area contributed by atoms with Crippen LogP contribution >= 0.6 is 0 Å². The lowest BCUT2D eigenvalue weighted by atomic mass is 10.1. The lowest BCUT2D eigenvalue weighted by Crippen LogP contribution is -2.09. The quantitative estimate of drug-likeness (QED) is 0.668. The average Bonchev–Trinajstić information content (AvgIpc) is 2.14. The van der Waals surface area contributed by atoms with Gasteiger partial charge in [-0.1, -0.05) is 0 Å². The molecule has 0 unspecified atom stereocenters. The fourth-order valence-corrected chi connectivity index (χ4v) is 1.35. The van der Waals surface area contributed by atoms with Gasteiger partial charge in [0.15, 0.2) is 0 Å². The Morgan fingerprint density at radius 3 is 2.86 bits per heavy atom. The van der Waals surface area contributed by atoms with E-state index in [4.69, 9.17) is 0 Å². The molecule has 1 heterocycles. The lowest BCUT2D eigenvalue weighted by Gasteiger charge is -2.03. The molecule has 4 heteroatoms. The van der Waals surface area contributed by atoms with Gasteiger partial charge in [-0.25, -0.2) is 4.39 Å². The molecule has 0 aliphatic carbocycles. The van der Waals surface area contributed by atoms with Crippen LogP contribution in [0.15, 0.2) is 23.0 Å². The van der Waals surface area contributed by atoms with Crippen LogP contribution in [0.2, 0.25) is 0 Å². The van der Waals surface area contributed by atoms with E-state index in [1.807, 2.05) is 0 Å². The first kappa shape index (κ1) is 8.74. The highest BCUT2D eigenvalue weighted by Gasteiger charge is 2.07. The van der Waals surface area contributed by atoms with E-state index in [0.29, 0.717) is 10.9 Å². The summed E-state index contributed by atoms with van der Waals surface area (Å²) in [7, 11) is 0. The highest BCUT2D eigenvalue weighted by molar-refractivity contribution is 5.85. The lowest BCUT2D eigenvalue weighted by molar-refractivity contribution is 0.476. The Morgan fingerprint density at radius 1 is 1.43 bits per heavy atom. The highest BCUT2D eigenvalue weighted by atomic mass is 19.1. The first-order chi connectivity index (χ1) is 6.59. The molecule has 14 heavy (non-hydrogen) atoms.